The summed E-state index contributed by atoms with van der Waals surface area (Å²) in [6.07, 6.45) is 0. The van der Waals surface area contributed by atoms with Crippen molar-refractivity contribution in [2.75, 3.05) is 0 Å². The Morgan fingerprint density at radius 1 is 0.596 bits per heavy atom. The van der Waals surface area contributed by atoms with Gasteiger partial charge in [-0.2, -0.15) is 0 Å². The summed E-state index contributed by atoms with van der Waals surface area (Å²) >= 11 is 0. The van der Waals surface area contributed by atoms with Gasteiger partial charge in [0, 0.05) is 38.4 Å². The van der Waals surface area contributed by atoms with Crippen LogP contribution >= 0.6 is 0 Å². The van der Waals surface area contributed by atoms with Gasteiger partial charge in [0.2, 0.25) is 0 Å². The number of para-hydroxylation sites is 2. The average molecular weight is 604 g/mol. The van der Waals surface area contributed by atoms with Gasteiger partial charge in [-0.15, -0.1) is 0 Å². The molecule has 10 rings (SSSR count). The van der Waals surface area contributed by atoms with E-state index in [9.17, 15) is 0 Å². The molecule has 0 fully saturated rings. The van der Waals surface area contributed by atoms with Gasteiger partial charge in [0.15, 0.2) is 11.4 Å². The Bertz CT molecular complexity index is 2710. The Labute approximate surface area is 271 Å². The van der Waals surface area contributed by atoms with Crippen LogP contribution in [0.4, 0.5) is 0 Å². The number of aromatic nitrogens is 3. The molecule has 0 saturated carbocycles. The van der Waals surface area contributed by atoms with Gasteiger partial charge >= 0.3 is 0 Å². The summed E-state index contributed by atoms with van der Waals surface area (Å²) in [6, 6.07) is 49.2. The molecule has 0 aliphatic heterocycles. The van der Waals surface area contributed by atoms with Crippen molar-refractivity contribution in [1.82, 2.24) is 14.5 Å². The van der Waals surface area contributed by atoms with Gasteiger partial charge in [-0.05, 0) is 52.6 Å². The number of benzene rings is 6. The van der Waals surface area contributed by atoms with Crippen molar-refractivity contribution in [3.63, 3.8) is 0 Å². The highest BCUT2D eigenvalue weighted by Gasteiger charge is 2.38. The molecule has 0 atom stereocenters. The molecule has 3 aromatic heterocycles. The fraction of sp³-hybridized carbons (Fsp3) is 0.0698. The predicted octanol–water partition coefficient (Wildman–Crippen LogP) is 11.1. The molecular formula is C43H29N3O. The number of fused-ring (bicyclic) bond motifs is 10. The summed E-state index contributed by atoms with van der Waals surface area (Å²) in [6.45, 7) is 4.72. The van der Waals surface area contributed by atoms with E-state index in [1.54, 1.807) is 0 Å². The van der Waals surface area contributed by atoms with Crippen molar-refractivity contribution in [2.24, 2.45) is 0 Å². The van der Waals surface area contributed by atoms with E-state index in [0.717, 1.165) is 39.0 Å². The molecule has 222 valence electrons. The molecule has 1 aliphatic rings. The maximum Gasteiger partial charge on any atom is 0.180 e. The third-order valence-electron chi connectivity index (χ3n) is 9.98. The van der Waals surface area contributed by atoms with Crippen LogP contribution in [0.25, 0.3) is 83.3 Å². The van der Waals surface area contributed by atoms with Crippen molar-refractivity contribution < 1.29 is 4.42 Å². The summed E-state index contributed by atoms with van der Waals surface area (Å²) in [7, 11) is 0. The van der Waals surface area contributed by atoms with Gasteiger partial charge in [0.1, 0.15) is 16.8 Å². The molecule has 0 spiro atoms. The monoisotopic (exact) mass is 603 g/mol. The first kappa shape index (κ1) is 26.2. The first-order valence-corrected chi connectivity index (χ1v) is 16.1. The lowest BCUT2D eigenvalue weighted by molar-refractivity contribution is 0.664. The van der Waals surface area contributed by atoms with Gasteiger partial charge in [-0.1, -0.05) is 123 Å². The molecule has 6 aromatic carbocycles. The second kappa shape index (κ2) is 9.51. The van der Waals surface area contributed by atoms with Crippen LogP contribution in [-0.4, -0.2) is 14.5 Å². The Hall–Kier alpha value is -6.00. The van der Waals surface area contributed by atoms with Crippen LogP contribution in [0, 0.1) is 0 Å². The van der Waals surface area contributed by atoms with E-state index in [2.05, 4.69) is 122 Å². The zero-order valence-electron chi connectivity index (χ0n) is 26.0. The van der Waals surface area contributed by atoms with Gasteiger partial charge in [0.25, 0.3) is 0 Å². The van der Waals surface area contributed by atoms with E-state index in [1.807, 2.05) is 36.4 Å². The SMILES string of the molecule is CC1(C)c2ccccc2-c2ccc3c4ccccc4n(-c4cccc(-c5nc(-c6ccccc6)c6oc7ccccc7c6n5)c4)c3c21. The number of rotatable bonds is 3. The highest BCUT2D eigenvalue weighted by Crippen LogP contribution is 2.53. The highest BCUT2D eigenvalue weighted by atomic mass is 16.3. The molecule has 47 heavy (non-hydrogen) atoms. The molecule has 9 aromatic rings. The molecule has 1 aliphatic carbocycles. The summed E-state index contributed by atoms with van der Waals surface area (Å²) in [5.41, 5.74) is 13.8. The Morgan fingerprint density at radius 2 is 1.34 bits per heavy atom. The van der Waals surface area contributed by atoms with Crippen LogP contribution in [0.5, 0.6) is 0 Å². The van der Waals surface area contributed by atoms with Crippen molar-refractivity contribution in [1.29, 1.82) is 0 Å². The first-order valence-electron chi connectivity index (χ1n) is 16.1. The van der Waals surface area contributed by atoms with E-state index in [4.69, 9.17) is 14.4 Å². The van der Waals surface area contributed by atoms with E-state index in [-0.39, 0.29) is 5.41 Å². The minimum atomic E-state index is -0.157. The lowest BCUT2D eigenvalue weighted by atomic mass is 9.81. The predicted molar refractivity (Wildman–Crippen MR) is 192 cm³/mol. The molecule has 0 amide bonds. The normalized spacial score (nSPS) is 13.5. The Morgan fingerprint density at radius 3 is 2.23 bits per heavy atom. The van der Waals surface area contributed by atoms with Gasteiger partial charge < -0.3 is 8.98 Å². The molecule has 0 unspecified atom stereocenters. The van der Waals surface area contributed by atoms with Crippen LogP contribution in [0.3, 0.4) is 0 Å². The topological polar surface area (TPSA) is 43.9 Å². The fourth-order valence-electron chi connectivity index (χ4n) is 7.88. The standard InChI is InChI=1S/C43H29N3O/c1-43(2)34-20-9-6-17-29(34)31-23-24-32-30-18-7-10-21-35(30)46(40(32)37(31)43)28-16-12-15-27(25-28)42-44-38(26-13-4-3-5-14-26)41-39(45-42)33-19-8-11-22-36(33)47-41/h3-25H,1-2H3. The number of nitrogens with zero attached hydrogens (tertiary/aromatic N) is 3. The number of furan rings is 1. The molecule has 4 heteroatoms. The Kier molecular flexibility index (Phi) is 5.31. The van der Waals surface area contributed by atoms with E-state index >= 15 is 0 Å². The largest absolute Gasteiger partial charge is 0.452 e. The van der Waals surface area contributed by atoms with Crippen LogP contribution < -0.4 is 0 Å². The zero-order valence-corrected chi connectivity index (χ0v) is 26.0. The second-order valence-corrected chi connectivity index (χ2v) is 13.0. The molecule has 0 N–H and O–H groups in total. The lowest BCUT2D eigenvalue weighted by Crippen LogP contribution is -2.16. The highest BCUT2D eigenvalue weighted by molar-refractivity contribution is 6.13. The smallest absolute Gasteiger partial charge is 0.180 e. The first-order chi connectivity index (χ1) is 23.1. The van der Waals surface area contributed by atoms with Crippen LogP contribution in [-0.2, 0) is 5.41 Å². The number of hydrogen-bond acceptors (Lipinski definition) is 3. The zero-order chi connectivity index (χ0) is 31.3. The molecular weight excluding hydrogens is 574 g/mol. The second-order valence-electron chi connectivity index (χ2n) is 13.0. The van der Waals surface area contributed by atoms with Gasteiger partial charge in [-0.25, -0.2) is 9.97 Å². The molecule has 4 nitrogen and oxygen atoms in total. The average Bonchev–Trinajstić information content (AvgIpc) is 3.74. The maximum atomic E-state index is 6.37. The van der Waals surface area contributed by atoms with Crippen molar-refractivity contribution >= 4 is 43.9 Å². The minimum Gasteiger partial charge on any atom is -0.452 e. The van der Waals surface area contributed by atoms with Crippen LogP contribution in [0.15, 0.2) is 144 Å². The third-order valence-corrected chi connectivity index (χ3v) is 9.98. The summed E-state index contributed by atoms with van der Waals surface area (Å²) < 4.78 is 8.82. The van der Waals surface area contributed by atoms with Gasteiger partial charge in [0.05, 0.1) is 11.0 Å². The van der Waals surface area contributed by atoms with Gasteiger partial charge in [-0.3, -0.25) is 0 Å². The maximum absolute atomic E-state index is 6.37. The fourth-order valence-corrected chi connectivity index (χ4v) is 7.88. The molecule has 3 heterocycles. The summed E-state index contributed by atoms with van der Waals surface area (Å²) in [5, 5.41) is 3.50. The summed E-state index contributed by atoms with van der Waals surface area (Å²) in [5.74, 6) is 0.670. The van der Waals surface area contributed by atoms with Crippen LogP contribution in [0.1, 0.15) is 25.0 Å². The van der Waals surface area contributed by atoms with E-state index < -0.39 is 0 Å². The minimum absolute atomic E-state index is 0.157. The summed E-state index contributed by atoms with van der Waals surface area (Å²) in [4.78, 5) is 10.3. The lowest BCUT2D eigenvalue weighted by Gasteiger charge is -2.23. The molecule has 0 radical (unpaired) electrons. The van der Waals surface area contributed by atoms with Crippen LogP contribution in [0.2, 0.25) is 0 Å². The quantitative estimate of drug-likeness (QED) is 0.202. The Balaban J connectivity index is 1.25. The van der Waals surface area contributed by atoms with Crippen molar-refractivity contribution in [3.05, 3.63) is 151 Å². The van der Waals surface area contributed by atoms with Crippen molar-refractivity contribution in [2.45, 2.75) is 19.3 Å². The molecule has 0 bridgehead atoms. The van der Waals surface area contributed by atoms with Crippen molar-refractivity contribution in [3.8, 4) is 39.5 Å². The molecule has 0 saturated heterocycles. The number of hydrogen-bond donors (Lipinski definition) is 0. The van der Waals surface area contributed by atoms with E-state index in [0.29, 0.717) is 11.4 Å². The third kappa shape index (κ3) is 3.64. The van der Waals surface area contributed by atoms with E-state index in [1.165, 1.54) is 44.1 Å².